The highest BCUT2D eigenvalue weighted by Crippen LogP contribution is 2.35. The van der Waals surface area contributed by atoms with Gasteiger partial charge in [0.1, 0.15) is 12.2 Å². The number of ether oxygens (including phenoxy) is 1. The largest absolute Gasteiger partial charge is 0.475 e. The van der Waals surface area contributed by atoms with Gasteiger partial charge < -0.3 is 10.1 Å². The quantitative estimate of drug-likeness (QED) is 0.738. The molecule has 0 saturated heterocycles. The standard InChI is InChI=1S/C10H13N3O2/c14-9-8-6-12-13(7-2-1-3-7)10(8)15-5-4-11-9/h6-7H,1-5H2,(H,11,14). The van der Waals surface area contributed by atoms with Gasteiger partial charge in [-0.25, -0.2) is 4.68 Å². The average molecular weight is 207 g/mol. The fourth-order valence-corrected chi connectivity index (χ4v) is 1.95. The third-order valence-corrected chi connectivity index (χ3v) is 3.04. The Balaban J connectivity index is 1.99. The molecule has 1 aromatic heterocycles. The van der Waals surface area contributed by atoms with E-state index in [0.29, 0.717) is 30.6 Å². The summed E-state index contributed by atoms with van der Waals surface area (Å²) in [5.74, 6) is 0.572. The number of amides is 1. The summed E-state index contributed by atoms with van der Waals surface area (Å²) in [6, 6.07) is 0.430. The molecule has 2 aliphatic rings. The molecule has 80 valence electrons. The molecule has 2 heterocycles. The zero-order valence-electron chi connectivity index (χ0n) is 8.40. The van der Waals surface area contributed by atoms with Crippen molar-refractivity contribution in [3.05, 3.63) is 11.8 Å². The van der Waals surface area contributed by atoms with Crippen LogP contribution in [0.3, 0.4) is 0 Å². The molecule has 0 bridgehead atoms. The van der Waals surface area contributed by atoms with E-state index >= 15 is 0 Å². The van der Waals surface area contributed by atoms with E-state index in [1.807, 2.05) is 4.68 Å². The molecule has 1 aliphatic carbocycles. The number of fused-ring (bicyclic) bond motifs is 1. The Morgan fingerprint density at radius 2 is 2.40 bits per heavy atom. The molecule has 1 aromatic rings. The molecule has 0 spiro atoms. The summed E-state index contributed by atoms with van der Waals surface area (Å²) >= 11 is 0. The molecule has 0 atom stereocenters. The van der Waals surface area contributed by atoms with Crippen LogP contribution in [0.25, 0.3) is 0 Å². The van der Waals surface area contributed by atoms with E-state index in [-0.39, 0.29) is 5.91 Å². The van der Waals surface area contributed by atoms with Crippen LogP contribution < -0.4 is 10.1 Å². The Morgan fingerprint density at radius 3 is 3.13 bits per heavy atom. The van der Waals surface area contributed by atoms with Crippen molar-refractivity contribution < 1.29 is 9.53 Å². The van der Waals surface area contributed by atoms with Crippen molar-refractivity contribution in [3.63, 3.8) is 0 Å². The van der Waals surface area contributed by atoms with Crippen LogP contribution in [0.5, 0.6) is 5.88 Å². The van der Waals surface area contributed by atoms with Crippen molar-refractivity contribution in [2.45, 2.75) is 25.3 Å². The molecule has 0 unspecified atom stereocenters. The van der Waals surface area contributed by atoms with E-state index in [0.717, 1.165) is 12.8 Å². The van der Waals surface area contributed by atoms with Gasteiger partial charge in [0.25, 0.3) is 5.91 Å². The van der Waals surface area contributed by atoms with Gasteiger partial charge in [0.05, 0.1) is 18.8 Å². The number of carbonyl (C=O) groups excluding carboxylic acids is 1. The molecule has 0 radical (unpaired) electrons. The smallest absolute Gasteiger partial charge is 0.258 e. The van der Waals surface area contributed by atoms with Crippen LogP contribution in [0.1, 0.15) is 35.7 Å². The van der Waals surface area contributed by atoms with E-state index in [4.69, 9.17) is 4.74 Å². The molecule has 1 saturated carbocycles. The van der Waals surface area contributed by atoms with Crippen molar-refractivity contribution in [2.75, 3.05) is 13.2 Å². The Labute approximate surface area is 87.4 Å². The van der Waals surface area contributed by atoms with Crippen LogP contribution >= 0.6 is 0 Å². The lowest BCUT2D eigenvalue weighted by Crippen LogP contribution is -2.24. The number of aromatic nitrogens is 2. The third-order valence-electron chi connectivity index (χ3n) is 3.04. The fourth-order valence-electron chi connectivity index (χ4n) is 1.95. The lowest BCUT2D eigenvalue weighted by Gasteiger charge is -2.26. The monoisotopic (exact) mass is 207 g/mol. The third kappa shape index (κ3) is 1.30. The predicted octanol–water partition coefficient (Wildman–Crippen LogP) is 0.730. The summed E-state index contributed by atoms with van der Waals surface area (Å²) in [5, 5.41) is 7.01. The molecular weight excluding hydrogens is 194 g/mol. The molecule has 3 rings (SSSR count). The highest BCUT2D eigenvalue weighted by Gasteiger charge is 2.28. The first-order chi connectivity index (χ1) is 7.36. The first-order valence-corrected chi connectivity index (χ1v) is 5.35. The second-order valence-electron chi connectivity index (χ2n) is 4.00. The second kappa shape index (κ2) is 3.25. The molecule has 1 amide bonds. The molecule has 15 heavy (non-hydrogen) atoms. The Morgan fingerprint density at radius 1 is 1.53 bits per heavy atom. The Kier molecular flexibility index (Phi) is 1.90. The topological polar surface area (TPSA) is 56.1 Å². The van der Waals surface area contributed by atoms with E-state index < -0.39 is 0 Å². The Bertz CT molecular complexity index is 395. The van der Waals surface area contributed by atoms with Gasteiger partial charge in [-0.1, -0.05) is 0 Å². The summed E-state index contributed by atoms with van der Waals surface area (Å²) < 4.78 is 7.43. The maximum atomic E-state index is 11.6. The zero-order valence-corrected chi connectivity index (χ0v) is 8.40. The maximum Gasteiger partial charge on any atom is 0.258 e. The van der Waals surface area contributed by atoms with Crippen LogP contribution in [0, 0.1) is 0 Å². The maximum absolute atomic E-state index is 11.6. The van der Waals surface area contributed by atoms with Gasteiger partial charge in [-0.3, -0.25) is 4.79 Å². The number of rotatable bonds is 1. The number of nitrogens with one attached hydrogen (secondary N) is 1. The van der Waals surface area contributed by atoms with Gasteiger partial charge in [-0.15, -0.1) is 0 Å². The van der Waals surface area contributed by atoms with Crippen LogP contribution in [-0.2, 0) is 0 Å². The zero-order chi connectivity index (χ0) is 10.3. The number of hydrogen-bond donors (Lipinski definition) is 1. The lowest BCUT2D eigenvalue weighted by atomic mass is 9.93. The van der Waals surface area contributed by atoms with E-state index in [9.17, 15) is 4.79 Å². The van der Waals surface area contributed by atoms with Crippen molar-refractivity contribution >= 4 is 5.91 Å². The highest BCUT2D eigenvalue weighted by atomic mass is 16.5. The highest BCUT2D eigenvalue weighted by molar-refractivity contribution is 5.96. The summed E-state index contributed by atoms with van der Waals surface area (Å²) in [4.78, 5) is 11.6. The van der Waals surface area contributed by atoms with Gasteiger partial charge in [-0.2, -0.15) is 5.10 Å². The van der Waals surface area contributed by atoms with Crippen molar-refractivity contribution in [2.24, 2.45) is 0 Å². The Hall–Kier alpha value is -1.52. The van der Waals surface area contributed by atoms with Gasteiger partial charge in [0.2, 0.25) is 5.88 Å². The van der Waals surface area contributed by atoms with Gasteiger partial charge in [0.15, 0.2) is 0 Å². The molecule has 1 aliphatic heterocycles. The normalized spacial score (nSPS) is 20.9. The predicted molar refractivity (Wildman–Crippen MR) is 52.9 cm³/mol. The molecule has 5 nitrogen and oxygen atoms in total. The van der Waals surface area contributed by atoms with E-state index in [1.54, 1.807) is 6.20 Å². The minimum absolute atomic E-state index is 0.0759. The van der Waals surface area contributed by atoms with E-state index in [1.165, 1.54) is 6.42 Å². The number of hydrogen-bond acceptors (Lipinski definition) is 3. The molecule has 5 heteroatoms. The summed E-state index contributed by atoms with van der Waals surface area (Å²) in [6.07, 6.45) is 5.12. The summed E-state index contributed by atoms with van der Waals surface area (Å²) in [7, 11) is 0. The lowest BCUT2D eigenvalue weighted by molar-refractivity contribution is 0.0957. The van der Waals surface area contributed by atoms with Crippen LogP contribution in [-0.4, -0.2) is 28.8 Å². The van der Waals surface area contributed by atoms with Crippen LogP contribution in [0.2, 0.25) is 0 Å². The number of carbonyl (C=O) groups is 1. The van der Waals surface area contributed by atoms with Gasteiger partial charge in [0, 0.05) is 0 Å². The second-order valence-corrected chi connectivity index (χ2v) is 4.00. The van der Waals surface area contributed by atoms with Crippen molar-refractivity contribution in [3.8, 4) is 5.88 Å². The fraction of sp³-hybridized carbons (Fsp3) is 0.600. The molecular formula is C10H13N3O2. The SMILES string of the molecule is O=C1NCCOc2c1cnn2C1CCC1. The molecule has 1 N–H and O–H groups in total. The minimum atomic E-state index is -0.0759. The molecule has 1 fully saturated rings. The average Bonchev–Trinajstić information content (AvgIpc) is 2.45. The van der Waals surface area contributed by atoms with E-state index in [2.05, 4.69) is 10.4 Å². The minimum Gasteiger partial charge on any atom is -0.475 e. The number of nitrogens with zero attached hydrogens (tertiary/aromatic N) is 2. The first-order valence-electron chi connectivity index (χ1n) is 5.35. The van der Waals surface area contributed by atoms with Gasteiger partial charge >= 0.3 is 0 Å². The first kappa shape index (κ1) is 8.76. The van der Waals surface area contributed by atoms with Gasteiger partial charge in [-0.05, 0) is 19.3 Å². The summed E-state index contributed by atoms with van der Waals surface area (Å²) in [6.45, 7) is 1.09. The van der Waals surface area contributed by atoms with Crippen molar-refractivity contribution in [1.82, 2.24) is 15.1 Å². The van der Waals surface area contributed by atoms with Crippen LogP contribution in [0.15, 0.2) is 6.20 Å². The summed E-state index contributed by atoms with van der Waals surface area (Å²) in [5.41, 5.74) is 0.569. The van der Waals surface area contributed by atoms with Crippen molar-refractivity contribution in [1.29, 1.82) is 0 Å². The molecule has 0 aromatic carbocycles. The van der Waals surface area contributed by atoms with Crippen LogP contribution in [0.4, 0.5) is 0 Å².